The van der Waals surface area contributed by atoms with Gasteiger partial charge in [-0.2, -0.15) is 0 Å². The molecule has 0 spiro atoms. The first-order valence-electron chi connectivity index (χ1n) is 13.0. The number of carbonyl (C=O) groups excluding carboxylic acids is 1. The quantitative estimate of drug-likeness (QED) is 0.584. The molecule has 10 atom stereocenters. The molecule has 178 valence electrons. The lowest BCUT2D eigenvalue weighted by molar-refractivity contribution is -0.201. The minimum Gasteiger partial charge on any atom is -0.393 e. The molecule has 0 unspecified atom stereocenters. The molecule has 3 N–H and O–H groups in total. The molecule has 0 radical (unpaired) electrons. The molecule has 4 aliphatic carbocycles. The summed E-state index contributed by atoms with van der Waals surface area (Å²) in [6.07, 6.45) is 8.25. The average molecular weight is 435 g/mol. The summed E-state index contributed by atoms with van der Waals surface area (Å²) in [6.45, 7) is 10.8. The SMILES string of the molecule is C[C@H](CCCC(C)(C)O)[C@H]1CC[C@H]2[C@@H]3[C@H](O)C[C@@H]4CC(=O)CC[C@]4(C)[C@H]3C[C@H](O)[C@]12C. The first-order valence-corrected chi connectivity index (χ1v) is 13.0. The van der Waals surface area contributed by atoms with Crippen molar-refractivity contribution in [1.29, 1.82) is 0 Å². The van der Waals surface area contributed by atoms with Crippen molar-refractivity contribution in [2.24, 2.45) is 46.3 Å². The number of aliphatic hydroxyl groups excluding tert-OH is 2. The molecular formula is C27H46O4. The Bertz CT molecular complexity index is 683. The molecule has 0 amide bonds. The number of aliphatic hydroxyl groups is 3. The highest BCUT2D eigenvalue weighted by Gasteiger charge is 2.65. The third-order valence-corrected chi connectivity index (χ3v) is 10.8. The van der Waals surface area contributed by atoms with Crippen LogP contribution < -0.4 is 0 Å². The first kappa shape index (κ1) is 23.7. The van der Waals surface area contributed by atoms with E-state index in [0.717, 1.165) is 51.4 Å². The average Bonchev–Trinajstić information content (AvgIpc) is 3.01. The molecular weight excluding hydrogens is 388 g/mol. The van der Waals surface area contributed by atoms with Crippen LogP contribution in [0.15, 0.2) is 0 Å². The number of hydrogen-bond donors (Lipinski definition) is 3. The second-order valence-corrected chi connectivity index (χ2v) is 13.0. The van der Waals surface area contributed by atoms with Crippen molar-refractivity contribution in [3.8, 4) is 0 Å². The zero-order valence-corrected chi connectivity index (χ0v) is 20.4. The minimum atomic E-state index is -0.612. The van der Waals surface area contributed by atoms with Crippen LogP contribution in [-0.4, -0.2) is 38.9 Å². The van der Waals surface area contributed by atoms with Crippen molar-refractivity contribution >= 4 is 5.78 Å². The second-order valence-electron chi connectivity index (χ2n) is 13.0. The van der Waals surface area contributed by atoms with Crippen LogP contribution in [0.5, 0.6) is 0 Å². The number of fused-ring (bicyclic) bond motifs is 5. The van der Waals surface area contributed by atoms with Gasteiger partial charge in [0, 0.05) is 12.8 Å². The Morgan fingerprint density at radius 1 is 1.13 bits per heavy atom. The van der Waals surface area contributed by atoms with E-state index in [9.17, 15) is 20.1 Å². The first-order chi connectivity index (χ1) is 14.4. The molecule has 31 heavy (non-hydrogen) atoms. The van der Waals surface area contributed by atoms with Gasteiger partial charge in [0.1, 0.15) is 5.78 Å². The Balaban J connectivity index is 1.54. The van der Waals surface area contributed by atoms with Crippen LogP contribution in [0.3, 0.4) is 0 Å². The van der Waals surface area contributed by atoms with Crippen LogP contribution in [0, 0.1) is 46.3 Å². The van der Waals surface area contributed by atoms with E-state index >= 15 is 0 Å². The normalized spacial score (nSPS) is 48.6. The monoisotopic (exact) mass is 434 g/mol. The summed E-state index contributed by atoms with van der Waals surface area (Å²) in [4.78, 5) is 12.1. The number of Topliss-reactive ketones (excluding diaryl/α,β-unsaturated/α-hetero) is 1. The molecule has 4 aliphatic rings. The van der Waals surface area contributed by atoms with E-state index in [2.05, 4.69) is 20.8 Å². The highest BCUT2D eigenvalue weighted by molar-refractivity contribution is 5.79. The lowest BCUT2D eigenvalue weighted by atomic mass is 9.43. The van der Waals surface area contributed by atoms with Crippen molar-refractivity contribution in [2.45, 2.75) is 117 Å². The maximum atomic E-state index is 12.1. The van der Waals surface area contributed by atoms with Crippen molar-refractivity contribution in [3.05, 3.63) is 0 Å². The minimum absolute atomic E-state index is 0.0799. The fourth-order valence-electron chi connectivity index (χ4n) is 9.00. The Labute approximate surface area is 189 Å². The van der Waals surface area contributed by atoms with Gasteiger partial charge in [0.25, 0.3) is 0 Å². The third kappa shape index (κ3) is 3.93. The summed E-state index contributed by atoms with van der Waals surface area (Å²) in [5.74, 6) is 2.58. The molecule has 0 saturated heterocycles. The number of carbonyl (C=O) groups is 1. The molecule has 0 aromatic rings. The standard InChI is InChI=1S/C27H46O4/c1-16(7-6-11-25(2,3)31)19-8-9-20-24-21(15-23(30)27(19,20)5)26(4)12-10-18(28)13-17(26)14-22(24)29/h16-17,19-24,29-31H,6-15H2,1-5H3/t16-,17+,19-,20+,21+,22-,23+,24+,26+,27-/m1/s1. The lowest BCUT2D eigenvalue weighted by Gasteiger charge is -2.63. The van der Waals surface area contributed by atoms with Gasteiger partial charge in [0.2, 0.25) is 0 Å². The van der Waals surface area contributed by atoms with E-state index in [0.29, 0.717) is 42.3 Å². The number of hydrogen-bond acceptors (Lipinski definition) is 4. The fraction of sp³-hybridized carbons (Fsp3) is 0.963. The summed E-state index contributed by atoms with van der Waals surface area (Å²) in [5, 5.41) is 33.0. The van der Waals surface area contributed by atoms with Gasteiger partial charge in [0.05, 0.1) is 17.8 Å². The highest BCUT2D eigenvalue weighted by Crippen LogP contribution is 2.68. The molecule has 0 heterocycles. The maximum absolute atomic E-state index is 12.1. The second kappa shape index (κ2) is 8.09. The highest BCUT2D eigenvalue weighted by atomic mass is 16.3. The van der Waals surface area contributed by atoms with Crippen molar-refractivity contribution in [3.63, 3.8) is 0 Å². The number of rotatable bonds is 5. The van der Waals surface area contributed by atoms with Crippen LogP contribution in [0.4, 0.5) is 0 Å². The third-order valence-electron chi connectivity index (χ3n) is 10.8. The van der Waals surface area contributed by atoms with E-state index in [1.165, 1.54) is 0 Å². The van der Waals surface area contributed by atoms with Crippen LogP contribution in [-0.2, 0) is 4.79 Å². The van der Waals surface area contributed by atoms with Gasteiger partial charge in [-0.1, -0.05) is 33.6 Å². The van der Waals surface area contributed by atoms with Gasteiger partial charge in [0.15, 0.2) is 0 Å². The Kier molecular flexibility index (Phi) is 6.19. The molecule has 4 saturated carbocycles. The van der Waals surface area contributed by atoms with Gasteiger partial charge in [-0.25, -0.2) is 0 Å². The van der Waals surface area contributed by atoms with Gasteiger partial charge in [-0.15, -0.1) is 0 Å². The predicted molar refractivity (Wildman–Crippen MR) is 122 cm³/mol. The Morgan fingerprint density at radius 3 is 2.52 bits per heavy atom. The van der Waals surface area contributed by atoms with E-state index in [1.807, 2.05) is 13.8 Å². The van der Waals surface area contributed by atoms with Gasteiger partial charge in [-0.3, -0.25) is 4.79 Å². The smallest absolute Gasteiger partial charge is 0.133 e. The van der Waals surface area contributed by atoms with Crippen LogP contribution in [0.2, 0.25) is 0 Å². The molecule has 4 nitrogen and oxygen atoms in total. The van der Waals surface area contributed by atoms with Crippen molar-refractivity contribution in [2.75, 3.05) is 0 Å². The topological polar surface area (TPSA) is 77.8 Å². The largest absolute Gasteiger partial charge is 0.393 e. The summed E-state index contributed by atoms with van der Waals surface area (Å²) in [7, 11) is 0. The lowest BCUT2D eigenvalue weighted by Crippen LogP contribution is -2.62. The predicted octanol–water partition coefficient (Wildman–Crippen LogP) is 4.73. The molecule has 4 heteroatoms. The molecule has 0 aliphatic heterocycles. The van der Waals surface area contributed by atoms with E-state index in [4.69, 9.17) is 0 Å². The van der Waals surface area contributed by atoms with Crippen LogP contribution >= 0.6 is 0 Å². The fourth-order valence-corrected chi connectivity index (χ4v) is 9.00. The van der Waals surface area contributed by atoms with Gasteiger partial charge >= 0.3 is 0 Å². The van der Waals surface area contributed by atoms with Crippen molar-refractivity contribution in [1.82, 2.24) is 0 Å². The summed E-state index contributed by atoms with van der Waals surface area (Å²) < 4.78 is 0. The molecule has 4 fully saturated rings. The zero-order chi connectivity index (χ0) is 22.8. The van der Waals surface area contributed by atoms with Crippen LogP contribution in [0.1, 0.15) is 98.8 Å². The summed E-state index contributed by atoms with van der Waals surface area (Å²) in [6, 6.07) is 0. The van der Waals surface area contributed by atoms with Gasteiger partial charge in [-0.05, 0) is 98.7 Å². The zero-order valence-electron chi connectivity index (χ0n) is 20.4. The van der Waals surface area contributed by atoms with E-state index in [1.54, 1.807) is 0 Å². The molecule has 0 aromatic carbocycles. The summed E-state index contributed by atoms with van der Waals surface area (Å²) in [5.41, 5.74) is -0.667. The molecule has 0 aromatic heterocycles. The molecule has 0 bridgehead atoms. The van der Waals surface area contributed by atoms with E-state index in [-0.39, 0.29) is 34.9 Å². The Morgan fingerprint density at radius 2 is 1.84 bits per heavy atom. The Hall–Kier alpha value is -0.450. The maximum Gasteiger partial charge on any atom is 0.133 e. The van der Waals surface area contributed by atoms with Crippen molar-refractivity contribution < 1.29 is 20.1 Å². The molecule has 4 rings (SSSR count). The van der Waals surface area contributed by atoms with Gasteiger partial charge < -0.3 is 15.3 Å². The summed E-state index contributed by atoms with van der Waals surface area (Å²) >= 11 is 0. The number of ketones is 1. The van der Waals surface area contributed by atoms with E-state index < -0.39 is 5.60 Å². The van der Waals surface area contributed by atoms with Crippen LogP contribution in [0.25, 0.3) is 0 Å².